The molecule has 0 aromatic heterocycles. The number of aliphatic imine (C=N–C) groups is 1. The van der Waals surface area contributed by atoms with E-state index in [0.717, 1.165) is 18.6 Å². The van der Waals surface area contributed by atoms with E-state index < -0.39 is 22.9 Å². The summed E-state index contributed by atoms with van der Waals surface area (Å²) in [7, 11) is 0. The summed E-state index contributed by atoms with van der Waals surface area (Å²) in [6.07, 6.45) is 2.86. The van der Waals surface area contributed by atoms with Crippen molar-refractivity contribution in [3.05, 3.63) is 29.3 Å². The Bertz CT molecular complexity index is 477. The number of phenols is 1. The minimum absolute atomic E-state index is 0.331. The monoisotopic (exact) mass is 225 g/mol. The minimum Gasteiger partial charge on any atom is -0.505 e. The average Bonchev–Trinajstić information content (AvgIpc) is 2.20. The molecule has 0 saturated heterocycles. The molecule has 0 unspecified atom stereocenters. The molecule has 3 nitrogen and oxygen atoms in total. The maximum atomic E-state index is 13.6. The van der Waals surface area contributed by atoms with Crippen LogP contribution in [0.25, 0.3) is 0 Å². The molecule has 1 aromatic rings. The predicted molar refractivity (Wildman–Crippen MR) is 51.7 cm³/mol. The molecule has 16 heavy (non-hydrogen) atoms. The van der Waals surface area contributed by atoms with E-state index in [1.807, 2.05) is 0 Å². The zero-order valence-corrected chi connectivity index (χ0v) is 8.33. The van der Waals surface area contributed by atoms with Crippen LogP contribution in [0.4, 0.5) is 8.78 Å². The van der Waals surface area contributed by atoms with Gasteiger partial charge in [0.25, 0.3) is 0 Å². The highest BCUT2D eigenvalue weighted by Crippen LogP contribution is 2.47. The molecule has 1 aliphatic rings. The van der Waals surface area contributed by atoms with Gasteiger partial charge in [0.1, 0.15) is 11.4 Å². The zero-order chi connectivity index (χ0) is 11.8. The van der Waals surface area contributed by atoms with Gasteiger partial charge in [-0.3, -0.25) is 0 Å². The van der Waals surface area contributed by atoms with E-state index in [0.29, 0.717) is 12.8 Å². The van der Waals surface area contributed by atoms with E-state index in [1.54, 1.807) is 0 Å². The van der Waals surface area contributed by atoms with E-state index in [4.69, 9.17) is 0 Å². The molecule has 0 amide bonds. The number of carbonyl (C=O) groups excluding carboxylic acids is 1. The number of hydrogen-bond donors (Lipinski definition) is 1. The van der Waals surface area contributed by atoms with Crippen LogP contribution in [0, 0.1) is 11.6 Å². The van der Waals surface area contributed by atoms with Gasteiger partial charge in [0.2, 0.25) is 6.08 Å². The summed E-state index contributed by atoms with van der Waals surface area (Å²) in [4.78, 5) is 13.8. The topological polar surface area (TPSA) is 49.7 Å². The first-order valence-electron chi connectivity index (χ1n) is 4.87. The highest BCUT2D eigenvalue weighted by molar-refractivity contribution is 5.43. The molecular weight excluding hydrogens is 216 g/mol. The van der Waals surface area contributed by atoms with Gasteiger partial charge in [-0.25, -0.2) is 13.6 Å². The van der Waals surface area contributed by atoms with Gasteiger partial charge in [-0.2, -0.15) is 4.99 Å². The third-order valence-electron chi connectivity index (χ3n) is 2.98. The Morgan fingerprint density at radius 2 is 2.06 bits per heavy atom. The summed E-state index contributed by atoms with van der Waals surface area (Å²) in [5.41, 5.74) is -1.50. The molecule has 1 aliphatic carbocycles. The van der Waals surface area contributed by atoms with Crippen molar-refractivity contribution in [1.29, 1.82) is 0 Å². The third-order valence-corrected chi connectivity index (χ3v) is 2.98. The van der Waals surface area contributed by atoms with Crippen molar-refractivity contribution >= 4 is 6.08 Å². The van der Waals surface area contributed by atoms with Crippen molar-refractivity contribution in [2.45, 2.75) is 24.8 Å². The molecule has 1 N–H and O–H groups in total. The lowest BCUT2D eigenvalue weighted by Crippen LogP contribution is -2.34. The average molecular weight is 225 g/mol. The van der Waals surface area contributed by atoms with Gasteiger partial charge in [-0.15, -0.1) is 0 Å². The normalized spacial score (nSPS) is 17.4. The molecule has 0 radical (unpaired) electrons. The second-order valence-corrected chi connectivity index (χ2v) is 3.84. The number of phenolic OH excluding ortho intramolecular Hbond substituents is 1. The van der Waals surface area contributed by atoms with Crippen molar-refractivity contribution in [2.75, 3.05) is 0 Å². The third kappa shape index (κ3) is 1.41. The summed E-state index contributed by atoms with van der Waals surface area (Å²) in [6.45, 7) is 0. The number of aromatic hydroxyl groups is 1. The quantitative estimate of drug-likeness (QED) is 0.620. The summed E-state index contributed by atoms with van der Waals surface area (Å²) < 4.78 is 27.2. The first-order chi connectivity index (χ1) is 7.60. The number of benzene rings is 1. The number of nitrogens with zero attached hydrogens (tertiary/aromatic N) is 1. The summed E-state index contributed by atoms with van der Waals surface area (Å²) in [5.74, 6) is -2.48. The van der Waals surface area contributed by atoms with E-state index in [9.17, 15) is 18.7 Å². The van der Waals surface area contributed by atoms with Gasteiger partial charge in [0.05, 0.1) is 5.56 Å². The number of hydrogen-bond acceptors (Lipinski definition) is 3. The number of isocyanates is 1. The van der Waals surface area contributed by atoms with Crippen LogP contribution in [0.15, 0.2) is 17.1 Å². The molecule has 2 rings (SSSR count). The van der Waals surface area contributed by atoms with Crippen LogP contribution in [0.3, 0.4) is 0 Å². The van der Waals surface area contributed by atoms with Gasteiger partial charge in [-0.1, -0.05) is 0 Å². The molecule has 1 aromatic carbocycles. The molecule has 0 atom stereocenters. The lowest BCUT2D eigenvalue weighted by molar-refractivity contribution is 0.235. The first-order valence-corrected chi connectivity index (χ1v) is 4.87. The highest BCUT2D eigenvalue weighted by Gasteiger charge is 2.43. The lowest BCUT2D eigenvalue weighted by atomic mass is 9.72. The molecule has 5 heteroatoms. The zero-order valence-electron chi connectivity index (χ0n) is 8.33. The lowest BCUT2D eigenvalue weighted by Gasteiger charge is -2.37. The molecule has 0 bridgehead atoms. The fourth-order valence-electron chi connectivity index (χ4n) is 1.98. The molecular formula is C11H9F2NO2. The minimum atomic E-state index is -1.17. The van der Waals surface area contributed by atoms with Crippen LogP contribution in [0.1, 0.15) is 24.8 Å². The van der Waals surface area contributed by atoms with Gasteiger partial charge in [0, 0.05) is 0 Å². The van der Waals surface area contributed by atoms with Crippen LogP contribution in [-0.4, -0.2) is 11.2 Å². The second kappa shape index (κ2) is 3.68. The molecule has 1 fully saturated rings. The molecule has 1 saturated carbocycles. The fourth-order valence-corrected chi connectivity index (χ4v) is 1.98. The Morgan fingerprint density at radius 3 is 2.56 bits per heavy atom. The maximum absolute atomic E-state index is 13.6. The van der Waals surface area contributed by atoms with Crippen LogP contribution < -0.4 is 0 Å². The number of halogens is 2. The fraction of sp³-hybridized carbons (Fsp3) is 0.364. The van der Waals surface area contributed by atoms with Gasteiger partial charge in [-0.05, 0) is 31.4 Å². The van der Waals surface area contributed by atoms with E-state index >= 15 is 0 Å². The van der Waals surface area contributed by atoms with Crippen LogP contribution >= 0.6 is 0 Å². The molecule has 0 heterocycles. The number of rotatable bonds is 2. The molecule has 0 spiro atoms. The summed E-state index contributed by atoms with van der Waals surface area (Å²) in [6, 6.07) is 1.90. The maximum Gasteiger partial charge on any atom is 0.235 e. The highest BCUT2D eigenvalue weighted by atomic mass is 19.1. The van der Waals surface area contributed by atoms with Crippen LogP contribution in [0.5, 0.6) is 5.75 Å². The van der Waals surface area contributed by atoms with E-state index in [1.165, 1.54) is 6.08 Å². The van der Waals surface area contributed by atoms with Crippen molar-refractivity contribution in [3.63, 3.8) is 0 Å². The van der Waals surface area contributed by atoms with Crippen molar-refractivity contribution in [2.24, 2.45) is 4.99 Å². The van der Waals surface area contributed by atoms with Gasteiger partial charge < -0.3 is 5.11 Å². The predicted octanol–water partition coefficient (Wildman–Crippen LogP) is 2.39. The van der Waals surface area contributed by atoms with Crippen molar-refractivity contribution in [1.82, 2.24) is 0 Å². The second-order valence-electron chi connectivity index (χ2n) is 3.84. The largest absolute Gasteiger partial charge is 0.505 e. The van der Waals surface area contributed by atoms with Gasteiger partial charge in [0.15, 0.2) is 11.6 Å². The van der Waals surface area contributed by atoms with Crippen molar-refractivity contribution < 1.29 is 18.7 Å². The Kier molecular flexibility index (Phi) is 2.48. The first kappa shape index (κ1) is 10.8. The Hall–Kier alpha value is -1.74. The van der Waals surface area contributed by atoms with E-state index in [2.05, 4.69) is 4.99 Å². The Labute approximate surface area is 90.4 Å². The SMILES string of the molecule is O=C=NC1(c2c(F)ccc(O)c2F)CCC1. The van der Waals surface area contributed by atoms with Crippen molar-refractivity contribution in [3.8, 4) is 5.75 Å². The molecule has 0 aliphatic heterocycles. The van der Waals surface area contributed by atoms with Gasteiger partial charge >= 0.3 is 0 Å². The molecule has 84 valence electrons. The smallest absolute Gasteiger partial charge is 0.235 e. The Morgan fingerprint density at radius 1 is 1.38 bits per heavy atom. The van der Waals surface area contributed by atoms with E-state index in [-0.39, 0.29) is 5.56 Å². The standard InChI is InChI=1S/C11H9F2NO2/c12-7-2-3-8(16)10(13)9(7)11(14-6-15)4-1-5-11/h2-3,16H,1,4-5H2. The van der Waals surface area contributed by atoms with Crippen LogP contribution in [0.2, 0.25) is 0 Å². The summed E-state index contributed by atoms with van der Waals surface area (Å²) in [5, 5.41) is 9.19. The Balaban J connectivity index is 2.62. The van der Waals surface area contributed by atoms with Crippen LogP contribution in [-0.2, 0) is 10.3 Å². The summed E-state index contributed by atoms with van der Waals surface area (Å²) >= 11 is 0.